The summed E-state index contributed by atoms with van der Waals surface area (Å²) < 4.78 is 17.0. The Hall–Kier alpha value is -3.04. The van der Waals surface area contributed by atoms with Crippen molar-refractivity contribution >= 4 is 23.1 Å². The second-order valence-electron chi connectivity index (χ2n) is 8.52. The van der Waals surface area contributed by atoms with Crippen LogP contribution in [0.5, 0.6) is 5.75 Å². The molecule has 9 heteroatoms. The second-order valence-corrected chi connectivity index (χ2v) is 8.52. The topological polar surface area (TPSA) is 98.2 Å². The first-order valence-electron chi connectivity index (χ1n) is 10.9. The predicted octanol–water partition coefficient (Wildman–Crippen LogP) is 1.86. The maximum absolute atomic E-state index is 11.4. The molecule has 1 aromatic carbocycles. The van der Waals surface area contributed by atoms with Crippen molar-refractivity contribution in [2.45, 2.75) is 31.5 Å². The van der Waals surface area contributed by atoms with Crippen LogP contribution in [0.1, 0.15) is 31.0 Å². The maximum Gasteiger partial charge on any atom is 0.246 e. The van der Waals surface area contributed by atoms with Crippen LogP contribution in [0.2, 0.25) is 0 Å². The summed E-state index contributed by atoms with van der Waals surface area (Å²) in [5.74, 6) is 1.62. The molecule has 32 heavy (non-hydrogen) atoms. The Morgan fingerprint density at radius 2 is 2.09 bits per heavy atom. The minimum atomic E-state index is -0.256. The van der Waals surface area contributed by atoms with E-state index in [9.17, 15) is 4.79 Å². The summed E-state index contributed by atoms with van der Waals surface area (Å²) in [6.07, 6.45) is 3.24. The smallest absolute Gasteiger partial charge is 0.246 e. The second kappa shape index (κ2) is 8.48. The molecule has 0 radical (unpaired) electrons. The number of amides is 1. The highest BCUT2D eigenvalue weighted by Gasteiger charge is 2.39. The summed E-state index contributed by atoms with van der Waals surface area (Å²) in [5.41, 5.74) is 3.35. The monoisotopic (exact) mass is 437 g/mol. The number of anilines is 1. The van der Waals surface area contributed by atoms with Crippen molar-refractivity contribution in [2.24, 2.45) is 4.99 Å². The molecule has 4 heterocycles. The van der Waals surface area contributed by atoms with Crippen LogP contribution in [0.4, 0.5) is 11.5 Å². The third-order valence-corrected chi connectivity index (χ3v) is 6.21. The number of aromatic nitrogens is 2. The van der Waals surface area contributed by atoms with Crippen LogP contribution >= 0.6 is 0 Å². The number of methoxy groups -OCH3 is 1. The van der Waals surface area contributed by atoms with Gasteiger partial charge in [-0.05, 0) is 38.0 Å². The first kappa shape index (κ1) is 20.8. The van der Waals surface area contributed by atoms with Crippen molar-refractivity contribution in [1.29, 1.82) is 0 Å². The molecule has 1 unspecified atom stereocenters. The maximum atomic E-state index is 11.4. The van der Waals surface area contributed by atoms with Gasteiger partial charge in [-0.25, -0.2) is 15.0 Å². The van der Waals surface area contributed by atoms with Gasteiger partial charge in [0.2, 0.25) is 5.91 Å². The molecule has 0 saturated carbocycles. The lowest BCUT2D eigenvalue weighted by Crippen LogP contribution is -2.57. The van der Waals surface area contributed by atoms with Gasteiger partial charge in [0, 0.05) is 38.4 Å². The number of carbonyl (C=O) groups is 1. The predicted molar refractivity (Wildman–Crippen MR) is 119 cm³/mol. The normalized spacial score (nSPS) is 20.1. The number of fused-ring (bicyclic) bond motifs is 1. The largest absolute Gasteiger partial charge is 0.488 e. The number of benzene rings is 1. The number of rotatable bonds is 6. The molecular formula is C23H27N5O4. The Morgan fingerprint density at radius 1 is 1.25 bits per heavy atom. The lowest BCUT2D eigenvalue weighted by molar-refractivity contribution is -0.146. The molecule has 1 N–H and O–H groups in total. The Kier molecular flexibility index (Phi) is 5.52. The molecule has 168 valence electrons. The van der Waals surface area contributed by atoms with Crippen LogP contribution in [0.15, 0.2) is 35.6 Å². The van der Waals surface area contributed by atoms with Gasteiger partial charge in [-0.15, -0.1) is 0 Å². The minimum Gasteiger partial charge on any atom is -0.488 e. The Bertz CT molecular complexity index is 1040. The van der Waals surface area contributed by atoms with Crippen LogP contribution in [0.3, 0.4) is 0 Å². The van der Waals surface area contributed by atoms with Crippen molar-refractivity contribution in [3.63, 3.8) is 0 Å². The van der Waals surface area contributed by atoms with Gasteiger partial charge >= 0.3 is 0 Å². The molecule has 3 aliphatic rings. The van der Waals surface area contributed by atoms with E-state index in [0.29, 0.717) is 13.2 Å². The summed E-state index contributed by atoms with van der Waals surface area (Å²) in [5, 5.41) is 2.93. The van der Waals surface area contributed by atoms with E-state index in [4.69, 9.17) is 14.2 Å². The van der Waals surface area contributed by atoms with E-state index in [-0.39, 0.29) is 24.2 Å². The quantitative estimate of drug-likeness (QED) is 0.629. The fourth-order valence-corrected chi connectivity index (χ4v) is 4.39. The average molecular weight is 438 g/mol. The molecule has 3 aliphatic heterocycles. The fourth-order valence-electron chi connectivity index (χ4n) is 4.39. The highest BCUT2D eigenvalue weighted by molar-refractivity contribution is 6.21. The van der Waals surface area contributed by atoms with E-state index in [0.717, 1.165) is 60.2 Å². The Balaban J connectivity index is 1.27. The molecular weight excluding hydrogens is 410 g/mol. The zero-order chi connectivity index (χ0) is 22.1. The van der Waals surface area contributed by atoms with E-state index in [1.807, 2.05) is 31.2 Å². The van der Waals surface area contributed by atoms with Gasteiger partial charge in [-0.3, -0.25) is 4.79 Å². The SMILES string of the molecule is COCC(C)Oc1ccc2c(c1)C(c1cc(N3CCC4(CC3)CNC(=O)CO4)ncn1)=N2. The van der Waals surface area contributed by atoms with Gasteiger partial charge < -0.3 is 24.4 Å². The molecule has 2 saturated heterocycles. The zero-order valence-corrected chi connectivity index (χ0v) is 18.3. The molecule has 2 aromatic rings. The summed E-state index contributed by atoms with van der Waals surface area (Å²) in [7, 11) is 1.66. The van der Waals surface area contributed by atoms with Crippen molar-refractivity contribution in [3.8, 4) is 5.75 Å². The number of nitrogens with one attached hydrogen (secondary N) is 1. The van der Waals surface area contributed by atoms with Crippen molar-refractivity contribution in [3.05, 3.63) is 41.9 Å². The van der Waals surface area contributed by atoms with Crippen molar-refractivity contribution < 1.29 is 19.0 Å². The van der Waals surface area contributed by atoms with Crippen LogP contribution in [0.25, 0.3) is 0 Å². The van der Waals surface area contributed by atoms with E-state index >= 15 is 0 Å². The summed E-state index contributed by atoms with van der Waals surface area (Å²) >= 11 is 0. The van der Waals surface area contributed by atoms with E-state index in [1.165, 1.54) is 0 Å². The van der Waals surface area contributed by atoms with Crippen LogP contribution < -0.4 is 15.0 Å². The Morgan fingerprint density at radius 3 is 2.84 bits per heavy atom. The molecule has 2 fully saturated rings. The number of ether oxygens (including phenoxy) is 3. The van der Waals surface area contributed by atoms with Crippen LogP contribution in [-0.4, -0.2) is 73.2 Å². The van der Waals surface area contributed by atoms with Gasteiger partial charge in [0.05, 0.1) is 29.3 Å². The summed E-state index contributed by atoms with van der Waals surface area (Å²) in [4.78, 5) is 27.3. The number of morpholine rings is 1. The molecule has 5 rings (SSSR count). The van der Waals surface area contributed by atoms with Gasteiger partial charge in [0.1, 0.15) is 30.6 Å². The zero-order valence-electron chi connectivity index (χ0n) is 18.3. The van der Waals surface area contributed by atoms with Gasteiger partial charge in [0.15, 0.2) is 0 Å². The first-order valence-corrected chi connectivity index (χ1v) is 10.9. The number of piperidine rings is 1. The molecule has 0 aliphatic carbocycles. The summed E-state index contributed by atoms with van der Waals surface area (Å²) in [6.45, 7) is 4.85. The molecule has 1 spiro atoms. The third kappa shape index (κ3) is 4.05. The fraction of sp³-hybridized carbons (Fsp3) is 0.478. The molecule has 9 nitrogen and oxygen atoms in total. The Labute approximate surface area is 186 Å². The van der Waals surface area contributed by atoms with Gasteiger partial charge in [0.25, 0.3) is 0 Å². The lowest BCUT2D eigenvalue weighted by Gasteiger charge is -2.44. The van der Waals surface area contributed by atoms with Crippen LogP contribution in [-0.2, 0) is 14.3 Å². The number of nitrogens with zero attached hydrogens (tertiary/aromatic N) is 4. The number of carbonyl (C=O) groups excluding carboxylic acids is 1. The van der Waals surface area contributed by atoms with Gasteiger partial charge in [-0.1, -0.05) is 0 Å². The van der Waals surface area contributed by atoms with Crippen molar-refractivity contribution in [1.82, 2.24) is 15.3 Å². The molecule has 0 bridgehead atoms. The number of hydrogen-bond acceptors (Lipinski definition) is 8. The number of aliphatic imine (C=N–C) groups is 1. The first-order chi connectivity index (χ1) is 15.5. The van der Waals surface area contributed by atoms with Crippen LogP contribution in [0, 0.1) is 0 Å². The lowest BCUT2D eigenvalue weighted by atomic mass is 9.90. The highest BCUT2D eigenvalue weighted by atomic mass is 16.5. The third-order valence-electron chi connectivity index (χ3n) is 6.21. The number of hydrogen-bond donors (Lipinski definition) is 1. The molecule has 1 aromatic heterocycles. The van der Waals surface area contributed by atoms with E-state index in [1.54, 1.807) is 13.4 Å². The van der Waals surface area contributed by atoms with E-state index < -0.39 is 0 Å². The standard InChI is InChI=1S/C23H27N5O4/c1-15(11-30-2)32-16-3-4-18-17(9-16)22(27-18)19-10-20(26-14-25-19)28-7-5-23(6-8-28)13-24-21(29)12-31-23/h3-4,9-10,14-15H,5-8,11-13H2,1-2H3,(H,24,29). The minimum absolute atomic E-state index is 0.0342. The van der Waals surface area contributed by atoms with Crippen molar-refractivity contribution in [2.75, 3.05) is 44.9 Å². The molecule has 1 atom stereocenters. The summed E-state index contributed by atoms with van der Waals surface area (Å²) in [6, 6.07) is 7.88. The molecule has 1 amide bonds. The highest BCUT2D eigenvalue weighted by Crippen LogP contribution is 2.36. The average Bonchev–Trinajstić information content (AvgIpc) is 2.79. The van der Waals surface area contributed by atoms with Gasteiger partial charge in [-0.2, -0.15) is 0 Å². The van der Waals surface area contributed by atoms with E-state index in [2.05, 4.69) is 25.2 Å².